The molecule has 0 amide bonds. The Bertz CT molecular complexity index is 607. The third-order valence-corrected chi connectivity index (χ3v) is 3.99. The fraction of sp³-hybridized carbons (Fsp3) is 0.0833. The average Bonchev–Trinajstić information content (AvgIpc) is 2.72. The maximum Gasteiger partial charge on any atom is 0.573 e. The average molecular weight is 351 g/mol. The van der Waals surface area contributed by atoms with E-state index in [-0.39, 0.29) is 11.3 Å². The standard InChI is InChI=1S/C12H6BrF3O2S/c13-9-4-5-19-11(9)10(17)7-2-1-3-8(6-7)18-12(14,15)16/h1-6H. The van der Waals surface area contributed by atoms with Crippen molar-refractivity contribution in [2.75, 3.05) is 0 Å². The zero-order chi connectivity index (χ0) is 14.0. The van der Waals surface area contributed by atoms with Crippen LogP contribution in [-0.2, 0) is 0 Å². The summed E-state index contributed by atoms with van der Waals surface area (Å²) in [6.45, 7) is 0. The molecule has 0 N–H and O–H groups in total. The number of halogens is 4. The lowest BCUT2D eigenvalue weighted by Gasteiger charge is -2.09. The number of ketones is 1. The van der Waals surface area contributed by atoms with Gasteiger partial charge in [0.05, 0.1) is 4.88 Å². The molecule has 0 atom stereocenters. The molecule has 2 aromatic rings. The van der Waals surface area contributed by atoms with Crippen LogP contribution in [0.2, 0.25) is 0 Å². The lowest BCUT2D eigenvalue weighted by Crippen LogP contribution is -2.17. The highest BCUT2D eigenvalue weighted by atomic mass is 79.9. The van der Waals surface area contributed by atoms with Gasteiger partial charge in [0.1, 0.15) is 5.75 Å². The highest BCUT2D eigenvalue weighted by Crippen LogP contribution is 2.28. The number of rotatable bonds is 3. The van der Waals surface area contributed by atoms with Crippen molar-refractivity contribution < 1.29 is 22.7 Å². The van der Waals surface area contributed by atoms with Crippen LogP contribution < -0.4 is 4.74 Å². The van der Waals surface area contributed by atoms with E-state index < -0.39 is 12.1 Å². The molecule has 0 bridgehead atoms. The predicted octanol–water partition coefficient (Wildman–Crippen LogP) is 4.64. The Morgan fingerprint density at radius 3 is 2.58 bits per heavy atom. The van der Waals surface area contributed by atoms with E-state index in [1.54, 1.807) is 11.4 Å². The molecular formula is C12H6BrF3O2S. The van der Waals surface area contributed by atoms with Gasteiger partial charge in [0.25, 0.3) is 0 Å². The van der Waals surface area contributed by atoms with Crippen molar-refractivity contribution in [2.24, 2.45) is 0 Å². The topological polar surface area (TPSA) is 26.3 Å². The van der Waals surface area contributed by atoms with Gasteiger partial charge >= 0.3 is 6.36 Å². The third kappa shape index (κ3) is 3.57. The predicted molar refractivity (Wildman–Crippen MR) is 68.6 cm³/mol. The van der Waals surface area contributed by atoms with Gasteiger partial charge in [0.2, 0.25) is 5.78 Å². The molecule has 7 heteroatoms. The molecule has 2 nitrogen and oxygen atoms in total. The van der Waals surface area contributed by atoms with Crippen LogP contribution in [0.4, 0.5) is 13.2 Å². The summed E-state index contributed by atoms with van der Waals surface area (Å²) < 4.78 is 40.7. The molecular weight excluding hydrogens is 345 g/mol. The second-order valence-electron chi connectivity index (χ2n) is 3.50. The molecule has 0 aliphatic rings. The summed E-state index contributed by atoms with van der Waals surface area (Å²) in [5.74, 6) is -0.763. The van der Waals surface area contributed by atoms with Gasteiger partial charge in [-0.05, 0) is 39.5 Å². The molecule has 0 aliphatic carbocycles. The summed E-state index contributed by atoms with van der Waals surface area (Å²) in [6.07, 6.45) is -4.77. The third-order valence-electron chi connectivity index (χ3n) is 2.15. The molecule has 0 radical (unpaired) electrons. The van der Waals surface area contributed by atoms with Crippen LogP contribution in [0.5, 0.6) is 5.75 Å². The first kappa shape index (κ1) is 14.1. The summed E-state index contributed by atoms with van der Waals surface area (Å²) in [6, 6.07) is 6.71. The molecule has 19 heavy (non-hydrogen) atoms. The minimum Gasteiger partial charge on any atom is -0.406 e. The Hall–Kier alpha value is -1.34. The van der Waals surface area contributed by atoms with Gasteiger partial charge in [-0.15, -0.1) is 24.5 Å². The fourth-order valence-electron chi connectivity index (χ4n) is 1.42. The van der Waals surface area contributed by atoms with Crippen molar-refractivity contribution in [3.8, 4) is 5.75 Å². The monoisotopic (exact) mass is 350 g/mol. The first-order chi connectivity index (χ1) is 8.87. The lowest BCUT2D eigenvalue weighted by atomic mass is 10.1. The molecule has 0 spiro atoms. The number of carbonyl (C=O) groups is 1. The Morgan fingerprint density at radius 2 is 2.00 bits per heavy atom. The van der Waals surface area contributed by atoms with Crippen LogP contribution in [-0.4, -0.2) is 12.1 Å². The van der Waals surface area contributed by atoms with Crippen LogP contribution in [0.1, 0.15) is 15.2 Å². The van der Waals surface area contributed by atoms with Gasteiger partial charge < -0.3 is 4.74 Å². The van der Waals surface area contributed by atoms with E-state index in [9.17, 15) is 18.0 Å². The van der Waals surface area contributed by atoms with Gasteiger partial charge in [-0.1, -0.05) is 12.1 Å². The molecule has 0 unspecified atom stereocenters. The zero-order valence-corrected chi connectivity index (χ0v) is 11.6. The maximum atomic E-state index is 12.1. The quantitative estimate of drug-likeness (QED) is 0.753. The SMILES string of the molecule is O=C(c1cccc(OC(F)(F)F)c1)c1sccc1Br. The van der Waals surface area contributed by atoms with Crippen LogP contribution in [0.3, 0.4) is 0 Å². The minimum atomic E-state index is -4.77. The number of benzene rings is 1. The number of ether oxygens (including phenoxy) is 1. The van der Waals surface area contributed by atoms with Gasteiger partial charge in [0.15, 0.2) is 0 Å². The summed E-state index contributed by atoms with van der Waals surface area (Å²) >= 11 is 4.42. The Balaban J connectivity index is 2.29. The van der Waals surface area contributed by atoms with E-state index in [0.717, 1.165) is 12.1 Å². The van der Waals surface area contributed by atoms with Crippen molar-refractivity contribution >= 4 is 33.0 Å². The van der Waals surface area contributed by atoms with Crippen molar-refractivity contribution in [3.63, 3.8) is 0 Å². The van der Waals surface area contributed by atoms with Gasteiger partial charge in [-0.25, -0.2) is 0 Å². The highest BCUT2D eigenvalue weighted by molar-refractivity contribution is 9.10. The maximum absolute atomic E-state index is 12.1. The lowest BCUT2D eigenvalue weighted by molar-refractivity contribution is -0.274. The zero-order valence-electron chi connectivity index (χ0n) is 9.20. The number of thiophene rings is 1. The molecule has 1 aromatic heterocycles. The second kappa shape index (κ2) is 5.34. The van der Waals surface area contributed by atoms with E-state index >= 15 is 0 Å². The summed E-state index contributed by atoms with van der Waals surface area (Å²) in [5.41, 5.74) is 0.143. The van der Waals surface area contributed by atoms with Crippen LogP contribution in [0.15, 0.2) is 40.2 Å². The Morgan fingerprint density at radius 1 is 1.26 bits per heavy atom. The van der Waals surface area contributed by atoms with Crippen molar-refractivity contribution in [1.29, 1.82) is 0 Å². The van der Waals surface area contributed by atoms with Crippen molar-refractivity contribution in [1.82, 2.24) is 0 Å². The van der Waals surface area contributed by atoms with Gasteiger partial charge in [0, 0.05) is 10.0 Å². The van der Waals surface area contributed by atoms with Crippen LogP contribution >= 0.6 is 27.3 Å². The van der Waals surface area contributed by atoms with Crippen LogP contribution in [0, 0.1) is 0 Å². The van der Waals surface area contributed by atoms with Crippen LogP contribution in [0.25, 0.3) is 0 Å². The largest absolute Gasteiger partial charge is 0.573 e. The highest BCUT2D eigenvalue weighted by Gasteiger charge is 2.31. The van der Waals surface area contributed by atoms with Gasteiger partial charge in [-0.2, -0.15) is 0 Å². The van der Waals surface area contributed by atoms with E-state index in [0.29, 0.717) is 9.35 Å². The van der Waals surface area contributed by atoms with Crippen molar-refractivity contribution in [3.05, 3.63) is 50.6 Å². The summed E-state index contributed by atoms with van der Waals surface area (Å²) in [7, 11) is 0. The van der Waals surface area contributed by atoms with Crippen molar-refractivity contribution in [2.45, 2.75) is 6.36 Å². The molecule has 1 aromatic carbocycles. The molecule has 1 heterocycles. The first-order valence-corrected chi connectivity index (χ1v) is 6.67. The summed E-state index contributed by atoms with van der Waals surface area (Å²) in [4.78, 5) is 12.5. The van der Waals surface area contributed by atoms with Gasteiger partial charge in [-0.3, -0.25) is 4.79 Å². The summed E-state index contributed by atoms with van der Waals surface area (Å²) in [5, 5.41) is 1.72. The molecule has 0 aliphatic heterocycles. The Labute approximate surface area is 118 Å². The smallest absolute Gasteiger partial charge is 0.406 e. The Kier molecular flexibility index (Phi) is 3.96. The molecule has 0 saturated heterocycles. The minimum absolute atomic E-state index is 0.143. The van der Waals surface area contributed by atoms with E-state index in [1.165, 1.54) is 23.5 Å². The van der Waals surface area contributed by atoms with E-state index in [1.807, 2.05) is 0 Å². The molecule has 0 saturated carbocycles. The van der Waals surface area contributed by atoms with E-state index in [2.05, 4.69) is 20.7 Å². The molecule has 0 fully saturated rings. The second-order valence-corrected chi connectivity index (χ2v) is 5.27. The molecule has 2 rings (SSSR count). The molecule has 100 valence electrons. The number of carbonyl (C=O) groups excluding carboxylic acids is 1. The fourth-order valence-corrected chi connectivity index (χ4v) is 2.93. The number of alkyl halides is 3. The van der Waals surface area contributed by atoms with E-state index in [4.69, 9.17) is 0 Å². The first-order valence-electron chi connectivity index (χ1n) is 5.00. The normalized spacial score (nSPS) is 11.4. The number of hydrogen-bond donors (Lipinski definition) is 0. The number of hydrogen-bond acceptors (Lipinski definition) is 3.